The van der Waals surface area contributed by atoms with Crippen LogP contribution in [0.5, 0.6) is 0 Å². The van der Waals surface area contributed by atoms with Crippen LogP contribution in [0.3, 0.4) is 0 Å². The number of aliphatic hydroxyl groups is 1. The van der Waals surface area contributed by atoms with Crippen LogP contribution in [0.4, 0.5) is 5.69 Å². The first-order chi connectivity index (χ1) is 15.2. The number of carbonyl (C=O) groups is 2. The van der Waals surface area contributed by atoms with Gasteiger partial charge in [-0.15, -0.1) is 11.3 Å². The first-order valence-corrected chi connectivity index (χ1v) is 13.3. The Bertz CT molecular complexity index is 931. The number of carbonyl (C=O) groups excluding carboxylic acids is 2. The zero-order chi connectivity index (χ0) is 23.3. The monoisotopic (exact) mass is 475 g/mol. The van der Waals surface area contributed by atoms with Gasteiger partial charge in [0.1, 0.15) is 11.8 Å². The van der Waals surface area contributed by atoms with Gasteiger partial charge in [0, 0.05) is 30.1 Å². The van der Waals surface area contributed by atoms with Crippen molar-refractivity contribution in [2.75, 3.05) is 30.4 Å². The Hall–Kier alpha value is -1.90. The summed E-state index contributed by atoms with van der Waals surface area (Å²) in [5.74, 6) is 0.631. The van der Waals surface area contributed by atoms with E-state index in [4.69, 9.17) is 0 Å². The fourth-order valence-corrected chi connectivity index (χ4v) is 5.35. The number of hydrogen-bond donors (Lipinski definition) is 2. The maximum Gasteiger partial charge on any atom is 0.275 e. The predicted octanol–water partition coefficient (Wildman–Crippen LogP) is 4.51. The van der Waals surface area contributed by atoms with E-state index in [1.165, 1.54) is 11.3 Å². The molecule has 0 radical (unpaired) electrons. The van der Waals surface area contributed by atoms with E-state index in [2.05, 4.69) is 31.1 Å². The number of benzene rings is 1. The molecule has 0 saturated carbocycles. The van der Waals surface area contributed by atoms with Crippen LogP contribution < -0.4 is 5.32 Å². The largest absolute Gasteiger partial charge is 0.383 e. The van der Waals surface area contributed by atoms with Crippen LogP contribution in [0.25, 0.3) is 0 Å². The number of hydrogen-bond acceptors (Lipinski definition) is 6. The lowest BCUT2D eigenvalue weighted by atomic mass is 9.86. The van der Waals surface area contributed by atoms with Gasteiger partial charge in [-0.25, -0.2) is 4.98 Å². The zero-order valence-corrected chi connectivity index (χ0v) is 20.9. The predicted molar refractivity (Wildman–Crippen MR) is 133 cm³/mol. The number of anilines is 1. The van der Waals surface area contributed by atoms with E-state index in [1.807, 2.05) is 35.9 Å². The van der Waals surface area contributed by atoms with Crippen LogP contribution in [0.2, 0.25) is 0 Å². The third kappa shape index (κ3) is 6.11. The van der Waals surface area contributed by atoms with Crippen LogP contribution >= 0.6 is 23.1 Å². The average Bonchev–Trinajstić information content (AvgIpc) is 3.27. The lowest BCUT2D eigenvalue weighted by molar-refractivity contribution is -0.141. The van der Waals surface area contributed by atoms with Crippen molar-refractivity contribution in [1.29, 1.82) is 0 Å². The molecule has 0 bridgehead atoms. The average molecular weight is 476 g/mol. The van der Waals surface area contributed by atoms with E-state index >= 15 is 0 Å². The minimum atomic E-state index is -0.912. The second kappa shape index (κ2) is 10.8. The summed E-state index contributed by atoms with van der Waals surface area (Å²) in [6, 6.07) is 7.86. The molecule has 8 heteroatoms. The lowest BCUT2D eigenvalue weighted by Crippen LogP contribution is -2.43. The highest BCUT2D eigenvalue weighted by Crippen LogP contribution is 2.32. The van der Waals surface area contributed by atoms with Crippen LogP contribution in [-0.4, -0.2) is 58.0 Å². The van der Waals surface area contributed by atoms with Crippen LogP contribution in [0, 0.1) is 0 Å². The minimum absolute atomic E-state index is 0.0779. The number of thiazole rings is 1. The van der Waals surface area contributed by atoms with Gasteiger partial charge in [0.2, 0.25) is 0 Å². The highest BCUT2D eigenvalue weighted by atomic mass is 32.2. The molecule has 0 spiro atoms. The second-order valence-electron chi connectivity index (χ2n) is 9.22. The van der Waals surface area contributed by atoms with Crippen molar-refractivity contribution >= 4 is 40.6 Å². The summed E-state index contributed by atoms with van der Waals surface area (Å²) in [6.07, 6.45) is 3.13. The lowest BCUT2D eigenvalue weighted by Gasteiger charge is -2.32. The molecule has 1 aromatic heterocycles. The molecule has 3 rings (SSSR count). The summed E-state index contributed by atoms with van der Waals surface area (Å²) in [4.78, 5) is 31.6. The molecule has 1 fully saturated rings. The van der Waals surface area contributed by atoms with Gasteiger partial charge < -0.3 is 15.3 Å². The smallest absolute Gasteiger partial charge is 0.275 e. The number of likely N-dealkylation sites (tertiary alicyclic amines) is 1. The zero-order valence-electron chi connectivity index (χ0n) is 19.3. The number of amides is 2. The third-order valence-electron chi connectivity index (χ3n) is 5.77. The third-order valence-corrected chi connectivity index (χ3v) is 7.43. The van der Waals surface area contributed by atoms with E-state index in [1.54, 1.807) is 16.7 Å². The molecule has 2 amide bonds. The van der Waals surface area contributed by atoms with Crippen LogP contribution in [-0.2, 0) is 10.2 Å². The quantitative estimate of drug-likeness (QED) is 0.616. The molecule has 6 nitrogen and oxygen atoms in total. The molecule has 2 heterocycles. The minimum Gasteiger partial charge on any atom is -0.383 e. The molecule has 174 valence electrons. The van der Waals surface area contributed by atoms with Crippen LogP contribution in [0.1, 0.15) is 67.0 Å². The topological polar surface area (TPSA) is 82.5 Å². The van der Waals surface area contributed by atoms with E-state index < -0.39 is 6.10 Å². The summed E-state index contributed by atoms with van der Waals surface area (Å²) >= 11 is 3.13. The number of para-hydroxylation sites is 1. The van der Waals surface area contributed by atoms with Crippen molar-refractivity contribution in [3.8, 4) is 0 Å². The summed E-state index contributed by atoms with van der Waals surface area (Å²) in [6.45, 7) is 7.59. The molecule has 1 aromatic carbocycles. The summed E-state index contributed by atoms with van der Waals surface area (Å²) in [5, 5.41) is 15.9. The van der Waals surface area contributed by atoms with Crippen LogP contribution in [0.15, 0.2) is 29.6 Å². The number of piperidine rings is 1. The van der Waals surface area contributed by atoms with Gasteiger partial charge in [0.25, 0.3) is 11.8 Å². The maximum absolute atomic E-state index is 12.8. The van der Waals surface area contributed by atoms with Gasteiger partial charge >= 0.3 is 0 Å². The second-order valence-corrected chi connectivity index (χ2v) is 11.1. The molecular weight excluding hydrogens is 442 g/mol. The Labute approximate surface area is 198 Å². The molecule has 0 aliphatic carbocycles. The SMILES string of the molecule is CSCCC(O)C(=O)N1CCC(c2nc(C(=O)Nc3ccccc3C(C)(C)C)cs2)CC1. The summed E-state index contributed by atoms with van der Waals surface area (Å²) < 4.78 is 0. The highest BCUT2D eigenvalue weighted by molar-refractivity contribution is 7.98. The van der Waals surface area contributed by atoms with Crippen molar-refractivity contribution in [3.05, 3.63) is 45.9 Å². The van der Waals surface area contributed by atoms with Crippen molar-refractivity contribution in [3.63, 3.8) is 0 Å². The number of nitrogens with zero attached hydrogens (tertiary/aromatic N) is 2. The Morgan fingerprint density at radius 2 is 1.97 bits per heavy atom. The van der Waals surface area contributed by atoms with Gasteiger partial charge in [0.15, 0.2) is 0 Å². The molecule has 1 unspecified atom stereocenters. The standard InChI is InChI=1S/C24H33N3O3S2/c1-24(2,3)17-7-5-6-8-18(17)25-21(29)19-15-32-22(26-19)16-9-12-27(13-10-16)23(30)20(28)11-14-31-4/h5-8,15-16,20,28H,9-14H2,1-4H3,(H,25,29). The highest BCUT2D eigenvalue weighted by Gasteiger charge is 2.29. The number of nitrogens with one attached hydrogen (secondary N) is 1. The summed E-state index contributed by atoms with van der Waals surface area (Å²) in [5.41, 5.74) is 2.25. The Balaban J connectivity index is 1.59. The van der Waals surface area contributed by atoms with Gasteiger partial charge in [-0.1, -0.05) is 39.0 Å². The molecule has 32 heavy (non-hydrogen) atoms. The number of thioether (sulfide) groups is 1. The normalized spacial score (nSPS) is 16.1. The first kappa shape index (κ1) is 24.7. The Kier molecular flexibility index (Phi) is 8.36. The number of aromatic nitrogens is 1. The first-order valence-electron chi connectivity index (χ1n) is 11.0. The molecule has 2 N–H and O–H groups in total. The summed E-state index contributed by atoms with van der Waals surface area (Å²) in [7, 11) is 0. The Morgan fingerprint density at radius 3 is 2.62 bits per heavy atom. The number of aliphatic hydroxyl groups excluding tert-OH is 1. The van der Waals surface area contributed by atoms with Crippen molar-refractivity contribution in [2.24, 2.45) is 0 Å². The van der Waals surface area contributed by atoms with Crippen molar-refractivity contribution < 1.29 is 14.7 Å². The number of rotatable bonds is 7. The van der Waals surface area contributed by atoms with Gasteiger partial charge in [0.05, 0.1) is 5.01 Å². The van der Waals surface area contributed by atoms with E-state index in [-0.39, 0.29) is 23.1 Å². The van der Waals surface area contributed by atoms with Gasteiger partial charge in [-0.2, -0.15) is 11.8 Å². The van der Waals surface area contributed by atoms with Gasteiger partial charge in [-0.3, -0.25) is 9.59 Å². The molecule has 1 aliphatic rings. The molecule has 2 aromatic rings. The molecule has 1 aliphatic heterocycles. The van der Waals surface area contributed by atoms with E-state index in [0.717, 1.165) is 34.9 Å². The molecule has 1 atom stereocenters. The maximum atomic E-state index is 12.8. The van der Waals surface area contributed by atoms with Crippen molar-refractivity contribution in [2.45, 2.75) is 57.5 Å². The fraction of sp³-hybridized carbons (Fsp3) is 0.542. The van der Waals surface area contributed by atoms with Gasteiger partial charge in [-0.05, 0) is 48.3 Å². The van der Waals surface area contributed by atoms with E-state index in [9.17, 15) is 14.7 Å². The Morgan fingerprint density at radius 1 is 1.28 bits per heavy atom. The fourth-order valence-electron chi connectivity index (χ4n) is 3.92. The molecular formula is C24H33N3O3S2. The molecule has 1 saturated heterocycles. The van der Waals surface area contributed by atoms with Crippen molar-refractivity contribution in [1.82, 2.24) is 9.88 Å². The van der Waals surface area contributed by atoms with E-state index in [0.29, 0.717) is 25.2 Å².